The molecule has 0 spiro atoms. The lowest BCUT2D eigenvalue weighted by Crippen LogP contribution is -1.89. The second kappa shape index (κ2) is 2.49. The second-order valence-electron chi connectivity index (χ2n) is 3.12. The van der Waals surface area contributed by atoms with Crippen LogP contribution in [0.4, 0.5) is 0 Å². The first-order valence-electron chi connectivity index (χ1n) is 3.22. The minimum atomic E-state index is 0. The van der Waals surface area contributed by atoms with Crippen LogP contribution in [0, 0.1) is 17.8 Å². The average Bonchev–Trinajstić information content (AvgIpc) is 2.17. The average molecular weight is 116 g/mol. The molecule has 1 fully saturated rings. The van der Waals surface area contributed by atoms with Crippen molar-refractivity contribution >= 4 is 0 Å². The molecule has 0 aromatic heterocycles. The quantitative estimate of drug-likeness (QED) is 0.497. The molecule has 1 rings (SSSR count). The van der Waals surface area contributed by atoms with Gasteiger partial charge in [0.15, 0.2) is 0 Å². The summed E-state index contributed by atoms with van der Waals surface area (Å²) in [4.78, 5) is 0. The van der Waals surface area contributed by atoms with E-state index in [9.17, 15) is 0 Å². The highest BCUT2D eigenvalue weighted by Gasteiger charge is 2.34. The van der Waals surface area contributed by atoms with Crippen LogP contribution in [0.15, 0.2) is 0 Å². The molecule has 1 aliphatic carbocycles. The minimum Gasteiger partial charge on any atom is -0.412 e. The Morgan fingerprint density at radius 2 is 1.75 bits per heavy atom. The molecule has 2 N–H and O–H groups in total. The SMILES string of the molecule is CC(C)C1CC1C.O. The van der Waals surface area contributed by atoms with Gasteiger partial charge in [-0.3, -0.25) is 0 Å². The zero-order valence-corrected chi connectivity index (χ0v) is 5.94. The van der Waals surface area contributed by atoms with Crippen molar-refractivity contribution in [1.29, 1.82) is 0 Å². The van der Waals surface area contributed by atoms with Gasteiger partial charge < -0.3 is 5.48 Å². The molecule has 2 atom stereocenters. The van der Waals surface area contributed by atoms with Crippen molar-refractivity contribution in [2.24, 2.45) is 17.8 Å². The van der Waals surface area contributed by atoms with Crippen molar-refractivity contribution in [1.82, 2.24) is 0 Å². The van der Waals surface area contributed by atoms with Crippen LogP contribution in [-0.2, 0) is 0 Å². The summed E-state index contributed by atoms with van der Waals surface area (Å²) in [7, 11) is 0. The van der Waals surface area contributed by atoms with E-state index >= 15 is 0 Å². The van der Waals surface area contributed by atoms with Crippen molar-refractivity contribution in [3.63, 3.8) is 0 Å². The zero-order valence-electron chi connectivity index (χ0n) is 5.94. The Kier molecular flexibility index (Phi) is 2.48. The minimum absolute atomic E-state index is 0. The van der Waals surface area contributed by atoms with Gasteiger partial charge in [0.2, 0.25) is 0 Å². The summed E-state index contributed by atoms with van der Waals surface area (Å²) in [5.41, 5.74) is 0. The third kappa shape index (κ3) is 1.48. The smallest absolute Gasteiger partial charge is 0.0363 e. The maximum Gasteiger partial charge on any atom is -0.0363 e. The van der Waals surface area contributed by atoms with Crippen molar-refractivity contribution in [2.75, 3.05) is 0 Å². The first kappa shape index (κ1) is 7.96. The van der Waals surface area contributed by atoms with Crippen LogP contribution in [0.25, 0.3) is 0 Å². The molecule has 0 aromatic rings. The van der Waals surface area contributed by atoms with Gasteiger partial charge in [0, 0.05) is 0 Å². The fraction of sp³-hybridized carbons (Fsp3) is 1.00. The lowest BCUT2D eigenvalue weighted by molar-refractivity contribution is 0.530. The van der Waals surface area contributed by atoms with E-state index in [1.54, 1.807) is 0 Å². The molecular formula is C7H16O. The Morgan fingerprint density at radius 1 is 1.38 bits per heavy atom. The van der Waals surface area contributed by atoms with E-state index in [-0.39, 0.29) is 5.48 Å². The maximum absolute atomic E-state index is 2.34. The zero-order chi connectivity index (χ0) is 5.44. The first-order chi connectivity index (χ1) is 3.22. The summed E-state index contributed by atoms with van der Waals surface area (Å²) in [6.07, 6.45) is 1.48. The molecule has 1 nitrogen and oxygen atoms in total. The number of hydrogen-bond donors (Lipinski definition) is 0. The summed E-state index contributed by atoms with van der Waals surface area (Å²) in [5.74, 6) is 3.05. The highest BCUT2D eigenvalue weighted by atomic mass is 16.0. The standard InChI is InChI=1S/C7H14.H2O/c1-5(2)7-4-6(7)3;/h5-7H,4H2,1-3H3;1H2. The van der Waals surface area contributed by atoms with Gasteiger partial charge in [-0.05, 0) is 24.2 Å². The lowest BCUT2D eigenvalue weighted by Gasteiger charge is -1.97. The fourth-order valence-corrected chi connectivity index (χ4v) is 1.28. The molecule has 0 radical (unpaired) electrons. The Labute approximate surface area is 51.4 Å². The third-order valence-electron chi connectivity index (χ3n) is 2.03. The molecule has 50 valence electrons. The summed E-state index contributed by atoms with van der Waals surface area (Å²) in [6, 6.07) is 0. The highest BCUT2D eigenvalue weighted by molar-refractivity contribution is 4.84. The predicted octanol–water partition coefficient (Wildman–Crippen LogP) is 1.47. The molecule has 0 amide bonds. The van der Waals surface area contributed by atoms with Gasteiger partial charge in [-0.25, -0.2) is 0 Å². The van der Waals surface area contributed by atoms with Crippen LogP contribution in [-0.4, -0.2) is 5.48 Å². The summed E-state index contributed by atoms with van der Waals surface area (Å²) in [5, 5.41) is 0. The third-order valence-corrected chi connectivity index (χ3v) is 2.03. The predicted molar refractivity (Wildman–Crippen MR) is 35.7 cm³/mol. The van der Waals surface area contributed by atoms with Gasteiger partial charge in [0.1, 0.15) is 0 Å². The topological polar surface area (TPSA) is 31.5 Å². The highest BCUT2D eigenvalue weighted by Crippen LogP contribution is 2.43. The maximum atomic E-state index is 2.34. The van der Waals surface area contributed by atoms with Crippen molar-refractivity contribution in [3.05, 3.63) is 0 Å². The Bertz CT molecular complexity index is 68.8. The van der Waals surface area contributed by atoms with Crippen LogP contribution in [0.5, 0.6) is 0 Å². The Hall–Kier alpha value is -0.0400. The fourth-order valence-electron chi connectivity index (χ4n) is 1.28. The van der Waals surface area contributed by atoms with Crippen LogP contribution < -0.4 is 0 Å². The van der Waals surface area contributed by atoms with Crippen LogP contribution in [0.1, 0.15) is 27.2 Å². The van der Waals surface area contributed by atoms with Gasteiger partial charge in [-0.15, -0.1) is 0 Å². The van der Waals surface area contributed by atoms with E-state index in [2.05, 4.69) is 20.8 Å². The van der Waals surface area contributed by atoms with Crippen molar-refractivity contribution < 1.29 is 5.48 Å². The molecule has 1 heteroatoms. The van der Waals surface area contributed by atoms with E-state index in [4.69, 9.17) is 0 Å². The van der Waals surface area contributed by atoms with Gasteiger partial charge in [-0.2, -0.15) is 0 Å². The largest absolute Gasteiger partial charge is 0.412 e. The summed E-state index contributed by atoms with van der Waals surface area (Å²) < 4.78 is 0. The van der Waals surface area contributed by atoms with Crippen LogP contribution in [0.3, 0.4) is 0 Å². The van der Waals surface area contributed by atoms with Gasteiger partial charge in [-0.1, -0.05) is 20.8 Å². The molecular weight excluding hydrogens is 100 g/mol. The van der Waals surface area contributed by atoms with E-state index in [1.165, 1.54) is 6.42 Å². The van der Waals surface area contributed by atoms with Crippen LogP contribution in [0.2, 0.25) is 0 Å². The monoisotopic (exact) mass is 116 g/mol. The molecule has 0 aromatic carbocycles. The van der Waals surface area contributed by atoms with Gasteiger partial charge >= 0.3 is 0 Å². The van der Waals surface area contributed by atoms with Crippen molar-refractivity contribution in [3.8, 4) is 0 Å². The van der Waals surface area contributed by atoms with E-state index in [1.807, 2.05) is 0 Å². The Morgan fingerprint density at radius 3 is 1.75 bits per heavy atom. The van der Waals surface area contributed by atoms with E-state index in [0.29, 0.717) is 0 Å². The molecule has 8 heavy (non-hydrogen) atoms. The molecule has 0 saturated heterocycles. The lowest BCUT2D eigenvalue weighted by atomic mass is 10.1. The molecule has 1 aliphatic rings. The molecule has 2 unspecified atom stereocenters. The van der Waals surface area contributed by atoms with Crippen LogP contribution >= 0.6 is 0 Å². The van der Waals surface area contributed by atoms with E-state index in [0.717, 1.165) is 17.8 Å². The van der Waals surface area contributed by atoms with E-state index < -0.39 is 0 Å². The first-order valence-corrected chi connectivity index (χ1v) is 3.22. The normalized spacial score (nSPS) is 34.5. The molecule has 0 bridgehead atoms. The van der Waals surface area contributed by atoms with Gasteiger partial charge in [0.25, 0.3) is 0 Å². The number of hydrogen-bond acceptors (Lipinski definition) is 0. The van der Waals surface area contributed by atoms with Crippen molar-refractivity contribution in [2.45, 2.75) is 27.2 Å². The Balaban J connectivity index is 0.000000490. The summed E-state index contributed by atoms with van der Waals surface area (Å²) >= 11 is 0. The number of rotatable bonds is 1. The van der Waals surface area contributed by atoms with Gasteiger partial charge in [0.05, 0.1) is 0 Å². The summed E-state index contributed by atoms with van der Waals surface area (Å²) in [6.45, 7) is 6.97. The molecule has 0 aliphatic heterocycles. The second-order valence-corrected chi connectivity index (χ2v) is 3.12. The molecule has 1 saturated carbocycles. The molecule has 0 heterocycles.